The highest BCUT2D eigenvalue weighted by atomic mass is 16.5. The summed E-state index contributed by atoms with van der Waals surface area (Å²) in [6, 6.07) is 14.3. The molecule has 3 rings (SSSR count). The Morgan fingerprint density at radius 3 is 2.67 bits per heavy atom. The Bertz CT molecular complexity index is 831. The molecule has 0 atom stereocenters. The molecule has 0 aliphatic heterocycles. The van der Waals surface area contributed by atoms with E-state index in [1.807, 2.05) is 24.3 Å². The Balaban J connectivity index is 2.25. The third-order valence-corrected chi connectivity index (χ3v) is 3.13. The number of methoxy groups -OCH3 is 1. The average molecular weight is 280 g/mol. The van der Waals surface area contributed by atoms with Crippen LogP contribution >= 0.6 is 0 Å². The first-order chi connectivity index (χ1) is 10.2. The Kier molecular flexibility index (Phi) is 3.23. The minimum atomic E-state index is -1.07. The van der Waals surface area contributed by atoms with Crippen LogP contribution < -0.4 is 4.74 Å². The molecule has 1 N–H and O–H groups in total. The summed E-state index contributed by atoms with van der Waals surface area (Å²) in [5.74, 6) is -0.0381. The van der Waals surface area contributed by atoms with Crippen molar-refractivity contribution in [2.75, 3.05) is 7.11 Å². The van der Waals surface area contributed by atoms with Gasteiger partial charge in [-0.25, -0.2) is 14.8 Å². The van der Waals surface area contributed by atoms with Crippen LogP contribution in [0.1, 0.15) is 10.5 Å². The zero-order chi connectivity index (χ0) is 14.8. The van der Waals surface area contributed by atoms with Gasteiger partial charge < -0.3 is 9.84 Å². The van der Waals surface area contributed by atoms with Crippen LogP contribution in [0.4, 0.5) is 0 Å². The van der Waals surface area contributed by atoms with E-state index < -0.39 is 5.97 Å². The van der Waals surface area contributed by atoms with Crippen molar-refractivity contribution in [3.05, 3.63) is 54.2 Å². The van der Waals surface area contributed by atoms with Crippen molar-refractivity contribution < 1.29 is 14.6 Å². The second kappa shape index (κ2) is 5.20. The van der Waals surface area contributed by atoms with E-state index in [4.69, 9.17) is 4.74 Å². The molecule has 1 aromatic heterocycles. The van der Waals surface area contributed by atoms with Crippen molar-refractivity contribution in [3.63, 3.8) is 0 Å². The van der Waals surface area contributed by atoms with Crippen LogP contribution in [0.2, 0.25) is 0 Å². The summed E-state index contributed by atoms with van der Waals surface area (Å²) in [6.07, 6.45) is 0. The highest BCUT2D eigenvalue weighted by Gasteiger charge is 2.14. The summed E-state index contributed by atoms with van der Waals surface area (Å²) < 4.78 is 5.17. The van der Waals surface area contributed by atoms with Crippen molar-refractivity contribution in [2.45, 2.75) is 0 Å². The predicted octanol–water partition coefficient (Wildman–Crippen LogP) is 3.00. The maximum absolute atomic E-state index is 11.4. The molecule has 2 aromatic carbocycles. The zero-order valence-corrected chi connectivity index (χ0v) is 11.3. The van der Waals surface area contributed by atoms with Crippen LogP contribution in [0.25, 0.3) is 22.3 Å². The van der Waals surface area contributed by atoms with Crippen molar-refractivity contribution >= 4 is 16.9 Å². The lowest BCUT2D eigenvalue weighted by molar-refractivity contribution is 0.0693. The second-order valence-corrected chi connectivity index (χ2v) is 4.45. The summed E-state index contributed by atoms with van der Waals surface area (Å²) >= 11 is 0. The summed E-state index contributed by atoms with van der Waals surface area (Å²) in [7, 11) is 1.57. The molecule has 0 amide bonds. The Hall–Kier alpha value is -2.95. The lowest BCUT2D eigenvalue weighted by atomic mass is 10.1. The summed E-state index contributed by atoms with van der Waals surface area (Å²) in [5, 5.41) is 9.86. The van der Waals surface area contributed by atoms with Gasteiger partial charge in [0.2, 0.25) is 0 Å². The number of ether oxygens (including phenoxy) is 1. The highest BCUT2D eigenvalue weighted by Crippen LogP contribution is 2.24. The molecule has 0 unspecified atom stereocenters. The minimum absolute atomic E-state index is 0.00146. The molecule has 0 aliphatic carbocycles. The molecule has 0 fully saturated rings. The van der Waals surface area contributed by atoms with Gasteiger partial charge in [-0.05, 0) is 18.2 Å². The molecule has 0 bridgehead atoms. The normalized spacial score (nSPS) is 10.5. The monoisotopic (exact) mass is 280 g/mol. The average Bonchev–Trinajstić information content (AvgIpc) is 2.53. The molecule has 5 nitrogen and oxygen atoms in total. The largest absolute Gasteiger partial charge is 0.497 e. The van der Waals surface area contributed by atoms with Gasteiger partial charge in [-0.1, -0.05) is 30.3 Å². The van der Waals surface area contributed by atoms with Crippen LogP contribution in [0.5, 0.6) is 5.75 Å². The minimum Gasteiger partial charge on any atom is -0.497 e. The van der Waals surface area contributed by atoms with E-state index in [0.29, 0.717) is 28.0 Å². The molecule has 0 spiro atoms. The first-order valence-corrected chi connectivity index (χ1v) is 6.33. The standard InChI is InChI=1S/C16H12N2O3/c1-21-11-6-4-5-10(9-11)15-17-13-8-3-2-7-12(13)14(18-15)16(19)20/h2-9H,1H3,(H,19,20). The van der Waals surface area contributed by atoms with Gasteiger partial charge in [-0.15, -0.1) is 0 Å². The van der Waals surface area contributed by atoms with Gasteiger partial charge in [0.25, 0.3) is 0 Å². The number of benzene rings is 2. The van der Waals surface area contributed by atoms with E-state index in [9.17, 15) is 9.90 Å². The summed E-state index contributed by atoms with van der Waals surface area (Å²) in [6.45, 7) is 0. The van der Waals surface area contributed by atoms with E-state index >= 15 is 0 Å². The van der Waals surface area contributed by atoms with Gasteiger partial charge >= 0.3 is 5.97 Å². The molecule has 0 saturated heterocycles. The van der Waals surface area contributed by atoms with E-state index in [0.717, 1.165) is 0 Å². The molecule has 1 heterocycles. The summed E-state index contributed by atoms with van der Waals surface area (Å²) in [4.78, 5) is 20.0. The van der Waals surface area contributed by atoms with Gasteiger partial charge in [0.05, 0.1) is 12.6 Å². The molecule has 104 valence electrons. The fourth-order valence-corrected chi connectivity index (χ4v) is 2.13. The molecule has 3 aromatic rings. The van der Waals surface area contributed by atoms with Crippen molar-refractivity contribution in [3.8, 4) is 17.1 Å². The second-order valence-electron chi connectivity index (χ2n) is 4.45. The highest BCUT2D eigenvalue weighted by molar-refractivity contribution is 6.01. The number of carboxylic acids is 1. The lowest BCUT2D eigenvalue weighted by Gasteiger charge is -2.07. The van der Waals surface area contributed by atoms with Crippen molar-refractivity contribution in [2.24, 2.45) is 0 Å². The number of hydrogen-bond acceptors (Lipinski definition) is 4. The maximum atomic E-state index is 11.4. The molecule has 5 heteroatoms. The third kappa shape index (κ3) is 2.41. The van der Waals surface area contributed by atoms with Crippen LogP contribution in [0.3, 0.4) is 0 Å². The fraction of sp³-hybridized carbons (Fsp3) is 0.0625. The number of carboxylic acid groups (broad SMARTS) is 1. The van der Waals surface area contributed by atoms with Crippen LogP contribution in [-0.2, 0) is 0 Å². The number of fused-ring (bicyclic) bond motifs is 1. The number of para-hydroxylation sites is 1. The Labute approximate surface area is 120 Å². The third-order valence-electron chi connectivity index (χ3n) is 3.13. The van der Waals surface area contributed by atoms with E-state index in [2.05, 4.69) is 9.97 Å². The molecular formula is C16H12N2O3. The van der Waals surface area contributed by atoms with E-state index in [1.165, 1.54) is 0 Å². The molecule has 0 saturated carbocycles. The number of hydrogen-bond donors (Lipinski definition) is 1. The van der Waals surface area contributed by atoms with Crippen LogP contribution in [0.15, 0.2) is 48.5 Å². The number of aromatic carboxylic acids is 1. The van der Waals surface area contributed by atoms with Crippen LogP contribution in [0, 0.1) is 0 Å². The van der Waals surface area contributed by atoms with Gasteiger partial charge in [0.15, 0.2) is 11.5 Å². The molecular weight excluding hydrogens is 268 g/mol. The number of rotatable bonds is 3. The van der Waals surface area contributed by atoms with Gasteiger partial charge in [-0.2, -0.15) is 0 Å². The van der Waals surface area contributed by atoms with Gasteiger partial charge in [0.1, 0.15) is 5.75 Å². The quantitative estimate of drug-likeness (QED) is 0.798. The van der Waals surface area contributed by atoms with E-state index in [1.54, 1.807) is 31.4 Å². The summed E-state index contributed by atoms with van der Waals surface area (Å²) in [5.41, 5.74) is 1.31. The Morgan fingerprint density at radius 2 is 1.90 bits per heavy atom. The van der Waals surface area contributed by atoms with Crippen molar-refractivity contribution in [1.29, 1.82) is 0 Å². The lowest BCUT2D eigenvalue weighted by Crippen LogP contribution is -2.04. The first kappa shape index (κ1) is 13.1. The molecule has 21 heavy (non-hydrogen) atoms. The molecule has 0 radical (unpaired) electrons. The number of carbonyl (C=O) groups is 1. The van der Waals surface area contributed by atoms with Gasteiger partial charge in [0, 0.05) is 10.9 Å². The van der Waals surface area contributed by atoms with Crippen LogP contribution in [-0.4, -0.2) is 28.2 Å². The van der Waals surface area contributed by atoms with Crippen molar-refractivity contribution in [1.82, 2.24) is 9.97 Å². The Morgan fingerprint density at radius 1 is 1.10 bits per heavy atom. The smallest absolute Gasteiger partial charge is 0.355 e. The number of nitrogens with zero attached hydrogens (tertiary/aromatic N) is 2. The maximum Gasteiger partial charge on any atom is 0.355 e. The van der Waals surface area contributed by atoms with Gasteiger partial charge in [-0.3, -0.25) is 0 Å². The predicted molar refractivity (Wildman–Crippen MR) is 78.5 cm³/mol. The fourth-order valence-electron chi connectivity index (χ4n) is 2.13. The first-order valence-electron chi connectivity index (χ1n) is 6.33. The number of aromatic nitrogens is 2. The van der Waals surface area contributed by atoms with E-state index in [-0.39, 0.29) is 5.69 Å². The SMILES string of the molecule is COc1cccc(-c2nc(C(=O)O)c3ccccc3n2)c1. The topological polar surface area (TPSA) is 72.3 Å². The zero-order valence-electron chi connectivity index (χ0n) is 11.3. The molecule has 0 aliphatic rings.